The maximum absolute atomic E-state index is 12.7. The molecule has 1 aromatic rings. The van der Waals surface area contributed by atoms with E-state index in [4.69, 9.17) is 4.74 Å². The van der Waals surface area contributed by atoms with Gasteiger partial charge in [0.05, 0.1) is 12.2 Å². The molecule has 120 valence electrons. The van der Waals surface area contributed by atoms with Crippen molar-refractivity contribution in [2.75, 3.05) is 11.9 Å². The maximum Gasteiger partial charge on any atom is 0.419 e. The summed E-state index contributed by atoms with van der Waals surface area (Å²) in [7, 11) is 0. The largest absolute Gasteiger partial charge is 0.493 e. The zero-order valence-corrected chi connectivity index (χ0v) is 13.7. The number of para-hydroxylation sites is 1. The smallest absolute Gasteiger partial charge is 0.419 e. The van der Waals surface area contributed by atoms with Crippen LogP contribution in [-0.4, -0.2) is 11.9 Å². The molecule has 0 saturated heterocycles. The summed E-state index contributed by atoms with van der Waals surface area (Å²) in [5, 5.41) is 1.06. The zero-order valence-electron chi connectivity index (χ0n) is 12.1. The van der Waals surface area contributed by atoms with Gasteiger partial charge in [0.2, 0.25) is 0 Å². The predicted molar refractivity (Wildman–Crippen MR) is 83.1 cm³/mol. The molecular weight excluding hydrogens is 345 g/mol. The lowest BCUT2D eigenvalue weighted by molar-refractivity contribution is -0.138. The maximum atomic E-state index is 12.7. The Labute approximate surface area is 133 Å². The minimum atomic E-state index is -4.36. The lowest BCUT2D eigenvalue weighted by Crippen LogP contribution is -2.09. The Kier molecular flexibility index (Phi) is 8.81. The van der Waals surface area contributed by atoms with Crippen molar-refractivity contribution in [3.63, 3.8) is 0 Å². The van der Waals surface area contributed by atoms with Gasteiger partial charge in [0.25, 0.3) is 0 Å². The number of unbranched alkanes of at least 4 members (excludes halogenated alkanes) is 6. The zero-order chi connectivity index (χ0) is 15.6. The van der Waals surface area contributed by atoms with E-state index in [1.807, 2.05) is 0 Å². The van der Waals surface area contributed by atoms with Gasteiger partial charge in [0, 0.05) is 5.33 Å². The standard InChI is InChI=1S/C16H22BrF3O/c17-12-8-4-2-1-3-5-9-13-21-15-11-7-6-10-14(15)16(18,19)20/h6-7,10-11H,1-5,8-9,12-13H2. The number of benzene rings is 1. The van der Waals surface area contributed by atoms with E-state index in [9.17, 15) is 13.2 Å². The van der Waals surface area contributed by atoms with Crippen LogP contribution in [0, 0.1) is 0 Å². The highest BCUT2D eigenvalue weighted by molar-refractivity contribution is 9.09. The summed E-state index contributed by atoms with van der Waals surface area (Å²) in [5.41, 5.74) is -0.695. The van der Waals surface area contributed by atoms with Crippen molar-refractivity contribution in [1.29, 1.82) is 0 Å². The molecular formula is C16H22BrF3O. The van der Waals surface area contributed by atoms with E-state index in [-0.39, 0.29) is 5.75 Å². The van der Waals surface area contributed by atoms with Gasteiger partial charge in [-0.1, -0.05) is 60.2 Å². The van der Waals surface area contributed by atoms with Crippen molar-refractivity contribution in [3.05, 3.63) is 29.8 Å². The van der Waals surface area contributed by atoms with E-state index in [1.165, 1.54) is 37.8 Å². The molecule has 0 unspecified atom stereocenters. The van der Waals surface area contributed by atoms with Crippen molar-refractivity contribution < 1.29 is 17.9 Å². The van der Waals surface area contributed by atoms with E-state index >= 15 is 0 Å². The van der Waals surface area contributed by atoms with Crippen LogP contribution in [0.1, 0.15) is 50.5 Å². The Morgan fingerprint density at radius 3 is 2.05 bits per heavy atom. The highest BCUT2D eigenvalue weighted by Gasteiger charge is 2.33. The fraction of sp³-hybridized carbons (Fsp3) is 0.625. The van der Waals surface area contributed by atoms with Crippen molar-refractivity contribution in [3.8, 4) is 5.75 Å². The Morgan fingerprint density at radius 1 is 0.857 bits per heavy atom. The van der Waals surface area contributed by atoms with Gasteiger partial charge < -0.3 is 4.74 Å². The molecule has 0 aliphatic rings. The molecule has 0 spiro atoms. The fourth-order valence-corrected chi connectivity index (χ4v) is 2.49. The molecule has 0 aromatic heterocycles. The van der Waals surface area contributed by atoms with Crippen LogP contribution in [0.15, 0.2) is 24.3 Å². The van der Waals surface area contributed by atoms with E-state index < -0.39 is 11.7 Å². The number of halogens is 4. The van der Waals surface area contributed by atoms with Gasteiger partial charge in [-0.3, -0.25) is 0 Å². The van der Waals surface area contributed by atoms with Gasteiger partial charge in [-0.15, -0.1) is 0 Å². The SMILES string of the molecule is FC(F)(F)c1ccccc1OCCCCCCCCCBr. The molecule has 1 rings (SSSR count). The molecule has 0 bridgehead atoms. The predicted octanol–water partition coefficient (Wildman–Crippen LogP) is 6.21. The number of alkyl halides is 4. The monoisotopic (exact) mass is 366 g/mol. The molecule has 21 heavy (non-hydrogen) atoms. The van der Waals surface area contributed by atoms with Crippen LogP contribution in [0.4, 0.5) is 13.2 Å². The average molecular weight is 367 g/mol. The van der Waals surface area contributed by atoms with Crippen molar-refractivity contribution in [2.24, 2.45) is 0 Å². The average Bonchev–Trinajstić information content (AvgIpc) is 2.45. The number of hydrogen-bond acceptors (Lipinski definition) is 1. The highest BCUT2D eigenvalue weighted by Crippen LogP contribution is 2.35. The number of hydrogen-bond donors (Lipinski definition) is 0. The van der Waals surface area contributed by atoms with Crippen molar-refractivity contribution in [2.45, 2.75) is 51.1 Å². The quantitative estimate of drug-likeness (QED) is 0.353. The van der Waals surface area contributed by atoms with Crippen LogP contribution in [-0.2, 0) is 6.18 Å². The molecule has 5 heteroatoms. The second kappa shape index (κ2) is 10.1. The summed E-state index contributed by atoms with van der Waals surface area (Å²) in [6.45, 7) is 0.342. The first kappa shape index (κ1) is 18.3. The van der Waals surface area contributed by atoms with Crippen LogP contribution in [0.3, 0.4) is 0 Å². The van der Waals surface area contributed by atoms with E-state index in [0.717, 1.165) is 30.7 Å². The Balaban J connectivity index is 2.19. The fourth-order valence-electron chi connectivity index (χ4n) is 2.09. The molecule has 0 aliphatic heterocycles. The summed E-state index contributed by atoms with van der Waals surface area (Å²) >= 11 is 3.40. The van der Waals surface area contributed by atoms with Crippen molar-refractivity contribution >= 4 is 15.9 Å². The van der Waals surface area contributed by atoms with Crippen LogP contribution in [0.2, 0.25) is 0 Å². The molecule has 0 saturated carbocycles. The Morgan fingerprint density at radius 2 is 1.43 bits per heavy atom. The topological polar surface area (TPSA) is 9.23 Å². The van der Waals surface area contributed by atoms with E-state index in [1.54, 1.807) is 6.07 Å². The number of ether oxygens (including phenoxy) is 1. The minimum absolute atomic E-state index is 0.0673. The van der Waals surface area contributed by atoms with Gasteiger partial charge in [-0.25, -0.2) is 0 Å². The lowest BCUT2D eigenvalue weighted by atomic mass is 10.1. The molecule has 0 amide bonds. The first-order chi connectivity index (χ1) is 10.1. The molecule has 0 heterocycles. The second-order valence-corrected chi connectivity index (χ2v) is 5.80. The van der Waals surface area contributed by atoms with Gasteiger partial charge in [0.1, 0.15) is 5.75 Å². The summed E-state index contributed by atoms with van der Waals surface area (Å²) in [6.07, 6.45) is 3.42. The van der Waals surface area contributed by atoms with E-state index in [0.29, 0.717) is 6.61 Å². The van der Waals surface area contributed by atoms with Crippen LogP contribution in [0.25, 0.3) is 0 Å². The third kappa shape index (κ3) is 7.74. The minimum Gasteiger partial charge on any atom is -0.493 e. The van der Waals surface area contributed by atoms with Crippen molar-refractivity contribution in [1.82, 2.24) is 0 Å². The normalized spacial score (nSPS) is 11.6. The van der Waals surface area contributed by atoms with Gasteiger partial charge >= 0.3 is 6.18 Å². The molecule has 0 radical (unpaired) electrons. The molecule has 0 atom stereocenters. The summed E-state index contributed by atoms with van der Waals surface area (Å²) in [5.74, 6) is -0.0673. The van der Waals surface area contributed by atoms with Crippen LogP contribution < -0.4 is 4.74 Å². The summed E-state index contributed by atoms with van der Waals surface area (Å²) in [6, 6.07) is 5.37. The summed E-state index contributed by atoms with van der Waals surface area (Å²) < 4.78 is 43.5. The molecule has 1 nitrogen and oxygen atoms in total. The van der Waals surface area contributed by atoms with Crippen LogP contribution in [0.5, 0.6) is 5.75 Å². The summed E-state index contributed by atoms with van der Waals surface area (Å²) in [4.78, 5) is 0. The van der Waals surface area contributed by atoms with Gasteiger partial charge in [0.15, 0.2) is 0 Å². The Bertz CT molecular complexity index is 393. The van der Waals surface area contributed by atoms with Gasteiger partial charge in [-0.2, -0.15) is 13.2 Å². The third-order valence-corrected chi connectivity index (χ3v) is 3.79. The Hall–Kier alpha value is -0.710. The van der Waals surface area contributed by atoms with E-state index in [2.05, 4.69) is 15.9 Å². The third-order valence-electron chi connectivity index (χ3n) is 3.23. The van der Waals surface area contributed by atoms with Crippen LogP contribution >= 0.6 is 15.9 Å². The molecule has 0 N–H and O–H groups in total. The lowest BCUT2D eigenvalue weighted by Gasteiger charge is -2.13. The molecule has 1 aromatic carbocycles. The molecule has 0 aliphatic carbocycles. The number of rotatable bonds is 10. The highest BCUT2D eigenvalue weighted by atomic mass is 79.9. The second-order valence-electron chi connectivity index (χ2n) is 5.01. The first-order valence-corrected chi connectivity index (χ1v) is 8.53. The molecule has 0 fully saturated rings. The van der Waals surface area contributed by atoms with Gasteiger partial charge in [-0.05, 0) is 25.0 Å². The first-order valence-electron chi connectivity index (χ1n) is 7.40.